The summed E-state index contributed by atoms with van der Waals surface area (Å²) in [7, 11) is -0.465. The normalized spacial score (nSPS) is 11.7. The van der Waals surface area contributed by atoms with Gasteiger partial charge in [-0.15, -0.1) is 0 Å². The van der Waals surface area contributed by atoms with Gasteiger partial charge >= 0.3 is 0 Å². The third-order valence-electron chi connectivity index (χ3n) is 4.70. The summed E-state index contributed by atoms with van der Waals surface area (Å²) in [4.78, 5) is 37.5. The van der Waals surface area contributed by atoms with Crippen molar-refractivity contribution < 1.29 is 9.59 Å². The van der Waals surface area contributed by atoms with Crippen LogP contribution < -0.4 is 5.43 Å². The molecule has 1 heterocycles. The minimum Gasteiger partial charge on any atom is -0.295 e. The zero-order valence-electron chi connectivity index (χ0n) is 15.0. The summed E-state index contributed by atoms with van der Waals surface area (Å²) in [6.45, 7) is 3.05. The van der Waals surface area contributed by atoms with Gasteiger partial charge in [0.15, 0.2) is 25.9 Å². The van der Waals surface area contributed by atoms with Gasteiger partial charge in [-0.3, -0.25) is 14.4 Å². The van der Waals surface area contributed by atoms with Crippen LogP contribution in [0.5, 0.6) is 0 Å². The molecule has 0 spiro atoms. The van der Waals surface area contributed by atoms with E-state index >= 15 is 0 Å². The number of benzene rings is 3. The first-order chi connectivity index (χ1) is 13.0. The summed E-state index contributed by atoms with van der Waals surface area (Å²) in [5.74, 6) is -0.0363. The van der Waals surface area contributed by atoms with Gasteiger partial charge in [0.2, 0.25) is 5.43 Å². The maximum absolute atomic E-state index is 13.1. The molecule has 4 aromatic rings. The van der Waals surface area contributed by atoms with Crippen molar-refractivity contribution in [1.82, 2.24) is 0 Å². The van der Waals surface area contributed by atoms with E-state index in [0.717, 1.165) is 14.3 Å². The Balaban J connectivity index is 2.13. The molecule has 3 aromatic carbocycles. The van der Waals surface area contributed by atoms with Crippen LogP contribution in [0.25, 0.3) is 25.1 Å². The van der Waals surface area contributed by atoms with Crippen molar-refractivity contribution in [1.29, 1.82) is 0 Å². The predicted octanol–water partition coefficient (Wildman–Crippen LogP) is 5.50. The molecule has 0 aliphatic carbocycles. The highest BCUT2D eigenvalue weighted by Crippen LogP contribution is 2.43. The molecule has 0 aliphatic rings. The third kappa shape index (κ3) is 2.88. The fraction of sp³-hybridized carbons (Fsp3) is 0.0870. The van der Waals surface area contributed by atoms with E-state index in [9.17, 15) is 14.4 Å². The Bertz CT molecular complexity index is 1280. The lowest BCUT2D eigenvalue weighted by Crippen LogP contribution is -2.04. The zero-order chi connectivity index (χ0) is 19.1. The van der Waals surface area contributed by atoms with Crippen LogP contribution in [-0.2, 0) is 0 Å². The number of hydrogen-bond donors (Lipinski definition) is 0. The highest BCUT2D eigenvalue weighted by Gasteiger charge is 2.23. The minimum atomic E-state index is -0.465. The van der Waals surface area contributed by atoms with Crippen LogP contribution in [0.1, 0.15) is 34.6 Å². The van der Waals surface area contributed by atoms with Crippen molar-refractivity contribution in [2.45, 2.75) is 13.8 Å². The summed E-state index contributed by atoms with van der Waals surface area (Å²) in [6, 6.07) is 20.6. The highest BCUT2D eigenvalue weighted by molar-refractivity contribution is 7.49. The van der Waals surface area contributed by atoms with Gasteiger partial charge in [-0.05, 0) is 68.4 Å². The van der Waals surface area contributed by atoms with Crippen molar-refractivity contribution in [3.05, 3.63) is 88.1 Å². The summed E-state index contributed by atoms with van der Waals surface area (Å²) in [5.41, 5.74) is 1.15. The molecule has 3 nitrogen and oxygen atoms in total. The van der Waals surface area contributed by atoms with Crippen LogP contribution in [0.3, 0.4) is 0 Å². The lowest BCUT2D eigenvalue weighted by atomic mass is 10.1. The molecule has 0 radical (unpaired) electrons. The van der Waals surface area contributed by atoms with E-state index in [1.807, 2.05) is 54.6 Å². The van der Waals surface area contributed by atoms with E-state index in [0.29, 0.717) is 21.9 Å². The Labute approximate surface area is 158 Å². The average molecular weight is 373 g/mol. The molecule has 0 bridgehead atoms. The maximum Gasteiger partial charge on any atom is 0.204 e. The van der Waals surface area contributed by atoms with Gasteiger partial charge in [0, 0.05) is 21.6 Å². The molecule has 0 amide bonds. The lowest BCUT2D eigenvalue weighted by Gasteiger charge is -2.05. The van der Waals surface area contributed by atoms with Crippen molar-refractivity contribution >= 4 is 42.2 Å². The Morgan fingerprint density at radius 1 is 0.704 bits per heavy atom. The lowest BCUT2D eigenvalue weighted by molar-refractivity contribution is 0.100. The SMILES string of the molecule is CC(=O)c1ccc(-[s+]2c3ccccc3c(=O)c3cc(C(C)=O)ccc32)cc1. The molecule has 27 heavy (non-hydrogen) atoms. The Morgan fingerprint density at radius 2 is 1.30 bits per heavy atom. The molecule has 0 N–H and O–H groups in total. The standard InChI is InChI=1S/C23H17O3S/c1-14(24)16-7-10-18(11-8-16)27-21-6-4-3-5-19(21)23(26)20-13-17(15(2)25)9-12-22(20)27/h3-13H,1-2H3/q+1. The quantitative estimate of drug-likeness (QED) is 0.271. The molecule has 0 aliphatic heterocycles. The largest absolute Gasteiger partial charge is 0.295 e. The molecule has 1 atom stereocenters. The fourth-order valence-corrected chi connectivity index (χ4v) is 5.60. The van der Waals surface area contributed by atoms with Gasteiger partial charge in [0.25, 0.3) is 0 Å². The summed E-state index contributed by atoms with van der Waals surface area (Å²) in [5, 5.41) is 1.25. The van der Waals surface area contributed by atoms with E-state index in [-0.39, 0.29) is 17.0 Å². The van der Waals surface area contributed by atoms with E-state index in [2.05, 4.69) is 0 Å². The fourth-order valence-electron chi connectivity index (χ4n) is 3.28. The first kappa shape index (κ1) is 17.3. The van der Waals surface area contributed by atoms with E-state index in [1.165, 1.54) is 6.92 Å². The van der Waals surface area contributed by atoms with Crippen LogP contribution in [0.15, 0.2) is 71.5 Å². The van der Waals surface area contributed by atoms with Crippen molar-refractivity contribution in [3.8, 4) is 4.90 Å². The summed E-state index contributed by atoms with van der Waals surface area (Å²) < 4.78 is 1.89. The number of Topliss-reactive ketones (excluding diaryl/α,β-unsaturated/α-hetero) is 2. The summed E-state index contributed by atoms with van der Waals surface area (Å²) >= 11 is 0. The predicted molar refractivity (Wildman–Crippen MR) is 112 cm³/mol. The van der Waals surface area contributed by atoms with Crippen molar-refractivity contribution in [3.63, 3.8) is 0 Å². The van der Waals surface area contributed by atoms with Crippen molar-refractivity contribution in [2.24, 2.45) is 0 Å². The molecule has 1 unspecified atom stereocenters. The van der Waals surface area contributed by atoms with Gasteiger partial charge in [0.05, 0.1) is 10.8 Å². The van der Waals surface area contributed by atoms with Crippen LogP contribution in [0.2, 0.25) is 0 Å². The Morgan fingerprint density at radius 3 is 1.96 bits per heavy atom. The van der Waals surface area contributed by atoms with Crippen LogP contribution in [-0.4, -0.2) is 11.6 Å². The molecule has 1 aromatic heterocycles. The van der Waals surface area contributed by atoms with E-state index in [4.69, 9.17) is 0 Å². The Hall–Kier alpha value is -3.11. The number of ketones is 2. The molecule has 0 fully saturated rings. The van der Waals surface area contributed by atoms with Gasteiger partial charge in [0.1, 0.15) is 0 Å². The van der Waals surface area contributed by atoms with Gasteiger partial charge in [-0.2, -0.15) is 0 Å². The first-order valence-corrected chi connectivity index (χ1v) is 9.84. The summed E-state index contributed by atoms with van der Waals surface area (Å²) in [6.07, 6.45) is 0. The maximum atomic E-state index is 13.1. The topological polar surface area (TPSA) is 51.2 Å². The number of carbonyl (C=O) groups excluding carboxylic acids is 2. The third-order valence-corrected chi connectivity index (χ3v) is 7.03. The highest BCUT2D eigenvalue weighted by atomic mass is 32.2. The number of hydrogen-bond acceptors (Lipinski definition) is 3. The molecule has 0 saturated carbocycles. The second kappa shape index (κ2) is 6.56. The number of carbonyl (C=O) groups is 2. The average Bonchev–Trinajstić information content (AvgIpc) is 2.68. The molecule has 0 saturated heterocycles. The second-order valence-corrected chi connectivity index (χ2v) is 8.44. The monoisotopic (exact) mass is 373 g/mol. The zero-order valence-corrected chi connectivity index (χ0v) is 15.8. The molecular weight excluding hydrogens is 356 g/mol. The van der Waals surface area contributed by atoms with E-state index in [1.54, 1.807) is 19.1 Å². The van der Waals surface area contributed by atoms with Gasteiger partial charge in [-0.25, -0.2) is 0 Å². The second-order valence-electron chi connectivity index (χ2n) is 6.48. The van der Waals surface area contributed by atoms with Gasteiger partial charge < -0.3 is 0 Å². The van der Waals surface area contributed by atoms with Gasteiger partial charge in [-0.1, -0.05) is 12.1 Å². The molecule has 4 rings (SSSR count). The van der Waals surface area contributed by atoms with Crippen molar-refractivity contribution in [2.75, 3.05) is 0 Å². The van der Waals surface area contributed by atoms with Crippen LogP contribution >= 0.6 is 10.5 Å². The smallest absolute Gasteiger partial charge is 0.204 e. The van der Waals surface area contributed by atoms with E-state index < -0.39 is 10.5 Å². The first-order valence-electron chi connectivity index (χ1n) is 8.61. The molecular formula is C23H17O3S+. The molecule has 4 heteroatoms. The number of fused-ring (bicyclic) bond motifs is 2. The van der Waals surface area contributed by atoms with Crippen LogP contribution in [0, 0.1) is 0 Å². The van der Waals surface area contributed by atoms with Crippen LogP contribution in [0.4, 0.5) is 0 Å². The number of rotatable bonds is 3. The minimum absolute atomic E-state index is 0.0237. The molecule has 132 valence electrons. The Kier molecular flexibility index (Phi) is 4.21.